The molecule has 0 N–H and O–H groups in total. The molecule has 0 bridgehead atoms. The first kappa shape index (κ1) is 25.7. The van der Waals surface area contributed by atoms with Crippen LogP contribution in [-0.2, 0) is 8.85 Å². The zero-order valence-electron chi connectivity index (χ0n) is 19.6. The topological polar surface area (TPSA) is 27.7 Å². The molecule has 1 aromatic carbocycles. The molecule has 1 atom stereocenters. The molecular formula is C22H41ClO3Si2. The highest BCUT2D eigenvalue weighted by Gasteiger charge is 2.39. The van der Waals surface area contributed by atoms with Gasteiger partial charge in [-0.2, -0.15) is 0 Å². The van der Waals surface area contributed by atoms with E-state index in [9.17, 15) is 0 Å². The third-order valence-corrected chi connectivity index (χ3v) is 15.5. The lowest BCUT2D eigenvalue weighted by Crippen LogP contribution is -2.44. The lowest BCUT2D eigenvalue weighted by atomic mass is 10.2. The molecule has 0 unspecified atom stereocenters. The van der Waals surface area contributed by atoms with E-state index in [2.05, 4.69) is 67.7 Å². The van der Waals surface area contributed by atoms with Gasteiger partial charge in [0.1, 0.15) is 11.9 Å². The maximum atomic E-state index is 6.45. The quantitative estimate of drug-likeness (QED) is 0.368. The Balaban J connectivity index is 2.80. The summed E-state index contributed by atoms with van der Waals surface area (Å²) >= 11 is 6.13. The van der Waals surface area contributed by atoms with Crippen molar-refractivity contribution in [2.45, 2.75) is 90.3 Å². The van der Waals surface area contributed by atoms with Gasteiger partial charge < -0.3 is 13.6 Å². The van der Waals surface area contributed by atoms with Crippen molar-refractivity contribution in [1.82, 2.24) is 0 Å². The van der Waals surface area contributed by atoms with Gasteiger partial charge in [0, 0.05) is 18.1 Å². The minimum Gasteiger partial charge on any atom is -0.488 e. The average Bonchev–Trinajstić information content (AvgIpc) is 2.50. The number of hydrogen-bond acceptors (Lipinski definition) is 3. The summed E-state index contributed by atoms with van der Waals surface area (Å²) in [6.07, 6.45) is 0.741. The van der Waals surface area contributed by atoms with Crippen molar-refractivity contribution in [2.75, 3.05) is 13.2 Å². The fourth-order valence-corrected chi connectivity index (χ4v) is 4.37. The van der Waals surface area contributed by atoms with Crippen molar-refractivity contribution >= 4 is 28.2 Å². The number of ether oxygens (including phenoxy) is 1. The van der Waals surface area contributed by atoms with E-state index in [1.807, 2.05) is 24.3 Å². The van der Waals surface area contributed by atoms with Gasteiger partial charge in [0.15, 0.2) is 16.6 Å². The highest BCUT2D eigenvalue weighted by Crippen LogP contribution is 2.38. The smallest absolute Gasteiger partial charge is 0.192 e. The predicted molar refractivity (Wildman–Crippen MR) is 127 cm³/mol. The molecule has 0 heterocycles. The average molecular weight is 445 g/mol. The third-order valence-electron chi connectivity index (χ3n) is 6.24. The maximum Gasteiger partial charge on any atom is 0.192 e. The van der Waals surface area contributed by atoms with Gasteiger partial charge in [-0.15, -0.1) is 0 Å². The Bertz CT molecular complexity index is 619. The van der Waals surface area contributed by atoms with Crippen LogP contribution in [-0.4, -0.2) is 36.0 Å². The lowest BCUT2D eigenvalue weighted by molar-refractivity contribution is 0.0962. The zero-order valence-corrected chi connectivity index (χ0v) is 22.4. The molecule has 0 aromatic heterocycles. The van der Waals surface area contributed by atoms with Crippen LogP contribution < -0.4 is 4.74 Å². The highest BCUT2D eigenvalue weighted by atomic mass is 35.5. The Labute approximate surface area is 180 Å². The Hall–Kier alpha value is -0.336. The van der Waals surface area contributed by atoms with Gasteiger partial charge in [-0.1, -0.05) is 59.2 Å². The molecule has 28 heavy (non-hydrogen) atoms. The molecule has 0 aliphatic carbocycles. The van der Waals surface area contributed by atoms with Gasteiger partial charge in [0.05, 0.1) is 6.61 Å². The molecule has 0 radical (unpaired) electrons. The SMILES string of the molecule is CC(C)(C)[Si](C)(C)OCC[C@H](CO[Si](C)(C)C(C)(C)C)Oc1cccc(Cl)c1. The maximum absolute atomic E-state index is 6.45. The van der Waals surface area contributed by atoms with Crippen LogP contribution in [0.2, 0.25) is 41.3 Å². The molecule has 0 spiro atoms. The molecule has 0 aliphatic heterocycles. The van der Waals surface area contributed by atoms with Crippen LogP contribution >= 0.6 is 11.6 Å². The van der Waals surface area contributed by atoms with E-state index in [0.29, 0.717) is 18.2 Å². The standard InChI is InChI=1S/C22H41ClO3Si2/c1-21(2,3)27(7,8)24-15-14-20(17-25-28(9,10)22(4,5)6)26-19-13-11-12-18(23)16-19/h11-13,16,20H,14-15,17H2,1-10H3/t20-/m1/s1. The Morgan fingerprint density at radius 3 is 1.93 bits per heavy atom. The van der Waals surface area contributed by atoms with Crippen molar-refractivity contribution < 1.29 is 13.6 Å². The van der Waals surface area contributed by atoms with Crippen molar-refractivity contribution in [3.05, 3.63) is 29.3 Å². The van der Waals surface area contributed by atoms with Crippen LogP contribution in [0.15, 0.2) is 24.3 Å². The second-order valence-corrected chi connectivity index (χ2v) is 20.7. The van der Waals surface area contributed by atoms with E-state index in [1.54, 1.807) is 0 Å². The van der Waals surface area contributed by atoms with E-state index in [4.69, 9.17) is 25.2 Å². The van der Waals surface area contributed by atoms with Gasteiger partial charge in [-0.25, -0.2) is 0 Å². The second-order valence-electron chi connectivity index (χ2n) is 10.7. The normalized spacial score (nSPS) is 14.8. The summed E-state index contributed by atoms with van der Waals surface area (Å²) in [6.45, 7) is 23.9. The highest BCUT2D eigenvalue weighted by molar-refractivity contribution is 6.74. The van der Waals surface area contributed by atoms with Gasteiger partial charge in [0.2, 0.25) is 0 Å². The van der Waals surface area contributed by atoms with Gasteiger partial charge in [-0.3, -0.25) is 0 Å². The molecule has 0 amide bonds. The molecule has 0 fully saturated rings. The molecule has 1 rings (SSSR count). The van der Waals surface area contributed by atoms with Gasteiger partial charge in [-0.05, 0) is 54.5 Å². The zero-order chi connectivity index (χ0) is 21.8. The van der Waals surface area contributed by atoms with E-state index >= 15 is 0 Å². The minimum atomic E-state index is -1.84. The first-order valence-corrected chi connectivity index (χ1v) is 16.4. The first-order valence-electron chi connectivity index (χ1n) is 10.3. The van der Waals surface area contributed by atoms with E-state index < -0.39 is 16.6 Å². The van der Waals surface area contributed by atoms with Crippen LogP contribution in [0.3, 0.4) is 0 Å². The van der Waals surface area contributed by atoms with Crippen molar-refractivity contribution in [1.29, 1.82) is 0 Å². The summed E-state index contributed by atoms with van der Waals surface area (Å²) in [4.78, 5) is 0. The number of hydrogen-bond donors (Lipinski definition) is 0. The van der Waals surface area contributed by atoms with Crippen molar-refractivity contribution in [3.63, 3.8) is 0 Å². The summed E-state index contributed by atoms with van der Waals surface area (Å²) in [5.74, 6) is 0.781. The summed E-state index contributed by atoms with van der Waals surface area (Å²) < 4.78 is 19.1. The van der Waals surface area contributed by atoms with Gasteiger partial charge >= 0.3 is 0 Å². The number of benzene rings is 1. The number of rotatable bonds is 9. The van der Waals surface area contributed by atoms with E-state index in [1.165, 1.54) is 0 Å². The lowest BCUT2D eigenvalue weighted by Gasteiger charge is -2.38. The molecule has 1 aromatic rings. The molecule has 0 saturated carbocycles. The largest absolute Gasteiger partial charge is 0.488 e. The predicted octanol–water partition coefficient (Wildman–Crippen LogP) is 7.52. The number of halogens is 1. The third kappa shape index (κ3) is 7.83. The van der Waals surface area contributed by atoms with Crippen LogP contribution in [0, 0.1) is 0 Å². The summed E-state index contributed by atoms with van der Waals surface area (Å²) in [5.41, 5.74) is 0. The van der Waals surface area contributed by atoms with Crippen molar-refractivity contribution in [2.24, 2.45) is 0 Å². The monoisotopic (exact) mass is 444 g/mol. The Kier molecular flexibility index (Phi) is 8.86. The summed E-state index contributed by atoms with van der Waals surface area (Å²) in [6, 6.07) is 7.57. The Morgan fingerprint density at radius 2 is 1.43 bits per heavy atom. The van der Waals surface area contributed by atoms with Crippen LogP contribution in [0.5, 0.6) is 5.75 Å². The van der Waals surface area contributed by atoms with Crippen LogP contribution in [0.4, 0.5) is 0 Å². The molecule has 6 heteroatoms. The van der Waals surface area contributed by atoms with Crippen LogP contribution in [0.1, 0.15) is 48.0 Å². The molecule has 0 saturated heterocycles. The fourth-order valence-electron chi connectivity index (χ4n) is 2.09. The Morgan fingerprint density at radius 1 is 0.893 bits per heavy atom. The first-order chi connectivity index (χ1) is 12.6. The van der Waals surface area contributed by atoms with E-state index in [-0.39, 0.29) is 16.2 Å². The van der Waals surface area contributed by atoms with Crippen LogP contribution in [0.25, 0.3) is 0 Å². The fraction of sp³-hybridized carbons (Fsp3) is 0.727. The summed E-state index contributed by atoms with van der Waals surface area (Å²) in [5, 5.41) is 1.05. The van der Waals surface area contributed by atoms with Gasteiger partial charge in [0.25, 0.3) is 0 Å². The summed E-state index contributed by atoms with van der Waals surface area (Å²) in [7, 11) is -3.61. The minimum absolute atomic E-state index is 0.0580. The molecule has 162 valence electrons. The van der Waals surface area contributed by atoms with E-state index in [0.717, 1.165) is 12.2 Å². The second kappa shape index (κ2) is 9.65. The van der Waals surface area contributed by atoms with Crippen molar-refractivity contribution in [3.8, 4) is 5.75 Å². The molecular weight excluding hydrogens is 404 g/mol. The molecule has 0 aliphatic rings. The molecule has 3 nitrogen and oxygen atoms in total.